The zero-order valence-electron chi connectivity index (χ0n) is 10.8. The fourth-order valence-electron chi connectivity index (χ4n) is 2.24. The maximum Gasteiger partial charge on any atom is 0.153 e. The van der Waals surface area contributed by atoms with E-state index in [1.165, 1.54) is 39.2 Å². The van der Waals surface area contributed by atoms with E-state index in [9.17, 15) is 8.42 Å². The highest BCUT2D eigenvalue weighted by molar-refractivity contribution is 7.91. The standard InChI is InChI=1S/C12H25NO3S/c1-16-8-10-17(14,15)9-7-13-11-12-5-3-2-4-6-12/h12-13H,2-11H2,1H3. The maximum atomic E-state index is 11.5. The smallest absolute Gasteiger partial charge is 0.153 e. The molecule has 1 aliphatic carbocycles. The predicted octanol–water partition coefficient (Wildman–Crippen LogP) is 1.22. The molecule has 0 spiro atoms. The van der Waals surface area contributed by atoms with E-state index in [-0.39, 0.29) is 11.5 Å². The Hall–Kier alpha value is -0.130. The molecule has 0 atom stereocenters. The van der Waals surface area contributed by atoms with Crippen LogP contribution < -0.4 is 5.32 Å². The van der Waals surface area contributed by atoms with Crippen molar-refractivity contribution in [2.45, 2.75) is 32.1 Å². The molecule has 102 valence electrons. The van der Waals surface area contributed by atoms with Crippen molar-refractivity contribution in [3.63, 3.8) is 0 Å². The molecule has 0 unspecified atom stereocenters. The Morgan fingerprint density at radius 3 is 2.53 bits per heavy atom. The van der Waals surface area contributed by atoms with Gasteiger partial charge >= 0.3 is 0 Å². The normalized spacial score (nSPS) is 18.4. The minimum absolute atomic E-state index is 0.134. The van der Waals surface area contributed by atoms with Gasteiger partial charge in [-0.25, -0.2) is 8.42 Å². The molecule has 1 saturated carbocycles. The van der Waals surface area contributed by atoms with Crippen LogP contribution in [0, 0.1) is 5.92 Å². The molecule has 1 aliphatic rings. The number of nitrogens with one attached hydrogen (secondary N) is 1. The van der Waals surface area contributed by atoms with Crippen LogP contribution in [0.4, 0.5) is 0 Å². The Kier molecular flexibility index (Phi) is 7.08. The molecule has 0 aromatic rings. The van der Waals surface area contributed by atoms with Crippen LogP contribution >= 0.6 is 0 Å². The molecule has 1 fully saturated rings. The van der Waals surface area contributed by atoms with Crippen molar-refractivity contribution in [1.82, 2.24) is 5.32 Å². The third kappa shape index (κ3) is 7.01. The highest BCUT2D eigenvalue weighted by Gasteiger charge is 2.14. The number of ether oxygens (including phenoxy) is 1. The average molecular weight is 263 g/mol. The second-order valence-electron chi connectivity index (χ2n) is 4.85. The number of hydrogen-bond donors (Lipinski definition) is 1. The molecule has 0 aromatic carbocycles. The summed E-state index contributed by atoms with van der Waals surface area (Å²) in [6.07, 6.45) is 6.62. The van der Waals surface area contributed by atoms with Crippen molar-refractivity contribution in [3.8, 4) is 0 Å². The first-order valence-corrected chi connectivity index (χ1v) is 8.36. The number of hydrogen-bond acceptors (Lipinski definition) is 4. The fraction of sp³-hybridized carbons (Fsp3) is 1.00. The fourth-order valence-corrected chi connectivity index (χ4v) is 3.32. The lowest BCUT2D eigenvalue weighted by atomic mass is 9.89. The lowest BCUT2D eigenvalue weighted by molar-refractivity contribution is 0.217. The Balaban J connectivity index is 2.06. The third-order valence-electron chi connectivity index (χ3n) is 3.35. The van der Waals surface area contributed by atoms with Crippen LogP contribution in [0.1, 0.15) is 32.1 Å². The van der Waals surface area contributed by atoms with Gasteiger partial charge < -0.3 is 10.1 Å². The van der Waals surface area contributed by atoms with Crippen LogP contribution in [0.2, 0.25) is 0 Å². The maximum absolute atomic E-state index is 11.5. The summed E-state index contributed by atoms with van der Waals surface area (Å²) in [7, 11) is -1.41. The highest BCUT2D eigenvalue weighted by atomic mass is 32.2. The summed E-state index contributed by atoms with van der Waals surface area (Å²) >= 11 is 0. The predicted molar refractivity (Wildman–Crippen MR) is 70.0 cm³/mol. The highest BCUT2D eigenvalue weighted by Crippen LogP contribution is 2.22. The zero-order valence-corrected chi connectivity index (χ0v) is 11.6. The van der Waals surface area contributed by atoms with Crippen molar-refractivity contribution < 1.29 is 13.2 Å². The largest absolute Gasteiger partial charge is 0.384 e. The Morgan fingerprint density at radius 1 is 1.18 bits per heavy atom. The van der Waals surface area contributed by atoms with E-state index in [2.05, 4.69) is 5.32 Å². The summed E-state index contributed by atoms with van der Waals surface area (Å²) in [5, 5.41) is 3.27. The van der Waals surface area contributed by atoms with E-state index in [1.807, 2.05) is 0 Å². The summed E-state index contributed by atoms with van der Waals surface area (Å²) in [5.41, 5.74) is 0. The van der Waals surface area contributed by atoms with Gasteiger partial charge in [-0.15, -0.1) is 0 Å². The molecule has 0 radical (unpaired) electrons. The first-order valence-electron chi connectivity index (χ1n) is 6.54. The van der Waals surface area contributed by atoms with Crippen molar-refractivity contribution in [3.05, 3.63) is 0 Å². The van der Waals surface area contributed by atoms with Gasteiger partial charge in [-0.3, -0.25) is 0 Å². The van der Waals surface area contributed by atoms with Crippen molar-refractivity contribution in [2.24, 2.45) is 5.92 Å². The van der Waals surface area contributed by atoms with Crippen molar-refractivity contribution in [2.75, 3.05) is 38.3 Å². The molecule has 5 heteroatoms. The number of sulfone groups is 1. The summed E-state index contributed by atoms with van der Waals surface area (Å²) in [4.78, 5) is 0. The van der Waals surface area contributed by atoms with Gasteiger partial charge in [0.25, 0.3) is 0 Å². The summed E-state index contributed by atoms with van der Waals surface area (Å²) < 4.78 is 27.8. The van der Waals surface area contributed by atoms with Gasteiger partial charge in [0, 0.05) is 13.7 Å². The van der Waals surface area contributed by atoms with Crippen LogP contribution in [-0.4, -0.2) is 46.7 Å². The summed E-state index contributed by atoms with van der Waals surface area (Å²) in [6, 6.07) is 0. The molecule has 0 amide bonds. The summed E-state index contributed by atoms with van der Waals surface area (Å²) in [6.45, 7) is 1.84. The number of methoxy groups -OCH3 is 1. The first kappa shape index (κ1) is 14.9. The quantitative estimate of drug-likeness (QED) is 0.669. The van der Waals surface area contributed by atoms with E-state index in [0.29, 0.717) is 13.2 Å². The van der Waals surface area contributed by atoms with Gasteiger partial charge in [-0.2, -0.15) is 0 Å². The molecule has 0 bridgehead atoms. The van der Waals surface area contributed by atoms with Gasteiger partial charge in [-0.1, -0.05) is 19.3 Å². The van der Waals surface area contributed by atoms with Crippen LogP contribution in [0.25, 0.3) is 0 Å². The monoisotopic (exact) mass is 263 g/mol. The molecule has 0 aromatic heterocycles. The molecule has 0 saturated heterocycles. The molecule has 0 aliphatic heterocycles. The minimum atomic E-state index is -2.93. The van der Waals surface area contributed by atoms with E-state index < -0.39 is 9.84 Å². The lowest BCUT2D eigenvalue weighted by Crippen LogP contribution is -2.30. The molecule has 1 N–H and O–H groups in total. The zero-order chi connectivity index (χ0) is 12.6. The van der Waals surface area contributed by atoms with Gasteiger partial charge in [0.15, 0.2) is 9.84 Å². The molecule has 4 nitrogen and oxygen atoms in total. The second-order valence-corrected chi connectivity index (χ2v) is 7.16. The SMILES string of the molecule is COCCS(=O)(=O)CCNCC1CCCCC1. The molecule has 17 heavy (non-hydrogen) atoms. The van der Waals surface area contributed by atoms with Crippen molar-refractivity contribution in [1.29, 1.82) is 0 Å². The minimum Gasteiger partial charge on any atom is -0.384 e. The van der Waals surface area contributed by atoms with E-state index in [1.54, 1.807) is 0 Å². The lowest BCUT2D eigenvalue weighted by Gasteiger charge is -2.21. The Bertz CT molecular complexity index is 284. The number of rotatable bonds is 8. The van der Waals surface area contributed by atoms with Crippen LogP contribution in [-0.2, 0) is 14.6 Å². The Labute approximate surface area is 105 Å². The average Bonchev–Trinajstić information content (AvgIpc) is 2.34. The van der Waals surface area contributed by atoms with E-state index >= 15 is 0 Å². The Morgan fingerprint density at radius 2 is 1.88 bits per heavy atom. The van der Waals surface area contributed by atoms with Crippen molar-refractivity contribution >= 4 is 9.84 Å². The molecular formula is C12H25NO3S. The first-order chi connectivity index (χ1) is 8.14. The second kappa shape index (κ2) is 8.06. The molecular weight excluding hydrogens is 238 g/mol. The van der Waals surface area contributed by atoms with Crippen LogP contribution in [0.5, 0.6) is 0 Å². The summed E-state index contributed by atoms with van der Waals surface area (Å²) in [5.74, 6) is 1.11. The molecule has 0 heterocycles. The van der Waals surface area contributed by atoms with Gasteiger partial charge in [0.2, 0.25) is 0 Å². The van der Waals surface area contributed by atoms with Gasteiger partial charge in [-0.05, 0) is 25.3 Å². The third-order valence-corrected chi connectivity index (χ3v) is 4.96. The molecule has 1 rings (SSSR count). The van der Waals surface area contributed by atoms with E-state index in [4.69, 9.17) is 4.74 Å². The van der Waals surface area contributed by atoms with Crippen LogP contribution in [0.3, 0.4) is 0 Å². The van der Waals surface area contributed by atoms with Gasteiger partial charge in [0.05, 0.1) is 18.1 Å². The van der Waals surface area contributed by atoms with Crippen LogP contribution in [0.15, 0.2) is 0 Å². The topological polar surface area (TPSA) is 55.4 Å². The van der Waals surface area contributed by atoms with Gasteiger partial charge in [0.1, 0.15) is 0 Å². The van der Waals surface area contributed by atoms with E-state index in [0.717, 1.165) is 12.5 Å².